The molecule has 2 rings (SSSR count). The highest BCUT2D eigenvalue weighted by Crippen LogP contribution is 2.35. The Morgan fingerprint density at radius 3 is 2.69 bits per heavy atom. The lowest BCUT2D eigenvalue weighted by atomic mass is 9.89. The van der Waals surface area contributed by atoms with Crippen molar-refractivity contribution >= 4 is 11.3 Å². The third-order valence-corrected chi connectivity index (χ3v) is 4.40. The molecule has 0 atom stereocenters. The van der Waals surface area contributed by atoms with E-state index in [1.54, 1.807) is 11.3 Å². The molecular formula is C13H18N2S. The van der Waals surface area contributed by atoms with Gasteiger partial charge in [0.05, 0.1) is 22.2 Å². The van der Waals surface area contributed by atoms with Gasteiger partial charge in [-0.15, -0.1) is 11.3 Å². The van der Waals surface area contributed by atoms with Gasteiger partial charge in [-0.1, -0.05) is 19.3 Å². The third-order valence-electron chi connectivity index (χ3n) is 3.40. The normalized spacial score (nSPS) is 18.3. The van der Waals surface area contributed by atoms with E-state index in [-0.39, 0.29) is 0 Å². The highest BCUT2D eigenvalue weighted by molar-refractivity contribution is 7.09. The zero-order chi connectivity index (χ0) is 11.6. The van der Waals surface area contributed by atoms with E-state index in [2.05, 4.69) is 16.4 Å². The van der Waals surface area contributed by atoms with Gasteiger partial charge in [0.25, 0.3) is 0 Å². The molecule has 1 aromatic rings. The van der Waals surface area contributed by atoms with Crippen LogP contribution >= 0.6 is 11.3 Å². The first-order valence-corrected chi connectivity index (χ1v) is 6.88. The fourth-order valence-corrected chi connectivity index (χ4v) is 3.33. The number of hydrogen-bond donors (Lipinski definition) is 0. The Morgan fingerprint density at radius 1 is 1.38 bits per heavy atom. The highest BCUT2D eigenvalue weighted by atomic mass is 32.1. The van der Waals surface area contributed by atoms with Gasteiger partial charge in [-0.3, -0.25) is 0 Å². The van der Waals surface area contributed by atoms with Crippen LogP contribution in [0.5, 0.6) is 0 Å². The predicted octanol–water partition coefficient (Wildman–Crippen LogP) is 3.99. The van der Waals surface area contributed by atoms with Crippen molar-refractivity contribution in [1.82, 2.24) is 4.98 Å². The minimum absolute atomic E-state index is 0.441. The highest BCUT2D eigenvalue weighted by Gasteiger charge is 2.25. The maximum atomic E-state index is 9.08. The van der Waals surface area contributed by atoms with Crippen LogP contribution in [0.1, 0.15) is 62.6 Å². The van der Waals surface area contributed by atoms with Crippen LogP contribution in [-0.4, -0.2) is 4.98 Å². The maximum absolute atomic E-state index is 9.08. The van der Waals surface area contributed by atoms with Crippen LogP contribution in [0.3, 0.4) is 0 Å². The minimum atomic E-state index is -0.441. The summed E-state index contributed by atoms with van der Waals surface area (Å²) in [6.07, 6.45) is 6.60. The molecular weight excluding hydrogens is 216 g/mol. The van der Waals surface area contributed by atoms with Crippen molar-refractivity contribution in [3.05, 3.63) is 16.1 Å². The fraction of sp³-hybridized carbons (Fsp3) is 0.692. The Hall–Kier alpha value is -0.880. The Balaban J connectivity index is 2.16. The van der Waals surface area contributed by atoms with Crippen molar-refractivity contribution in [3.8, 4) is 6.07 Å². The second kappa shape index (κ2) is 4.55. The number of hydrogen-bond acceptors (Lipinski definition) is 3. The topological polar surface area (TPSA) is 36.7 Å². The van der Waals surface area contributed by atoms with Crippen LogP contribution in [-0.2, 0) is 5.41 Å². The predicted molar refractivity (Wildman–Crippen MR) is 66.6 cm³/mol. The Bertz CT molecular complexity index is 394. The van der Waals surface area contributed by atoms with E-state index in [1.807, 2.05) is 13.8 Å². The van der Waals surface area contributed by atoms with E-state index in [9.17, 15) is 0 Å². The van der Waals surface area contributed by atoms with Gasteiger partial charge in [-0.05, 0) is 26.7 Å². The van der Waals surface area contributed by atoms with Gasteiger partial charge in [0, 0.05) is 11.3 Å². The van der Waals surface area contributed by atoms with Crippen molar-refractivity contribution in [2.75, 3.05) is 0 Å². The van der Waals surface area contributed by atoms with Crippen LogP contribution in [0.25, 0.3) is 0 Å². The molecule has 0 N–H and O–H groups in total. The van der Waals surface area contributed by atoms with Crippen LogP contribution in [0.4, 0.5) is 0 Å². The first kappa shape index (κ1) is 11.6. The Labute approximate surface area is 101 Å². The van der Waals surface area contributed by atoms with Crippen LogP contribution < -0.4 is 0 Å². The zero-order valence-corrected chi connectivity index (χ0v) is 10.8. The summed E-state index contributed by atoms with van der Waals surface area (Å²) < 4.78 is 0. The summed E-state index contributed by atoms with van der Waals surface area (Å²) in [4.78, 5) is 4.67. The molecule has 1 aliphatic carbocycles. The summed E-state index contributed by atoms with van der Waals surface area (Å²) in [5.41, 5.74) is 0.504. The molecule has 1 aliphatic rings. The Kier molecular flexibility index (Phi) is 3.30. The van der Waals surface area contributed by atoms with Gasteiger partial charge in [-0.2, -0.15) is 5.26 Å². The number of thiazole rings is 1. The van der Waals surface area contributed by atoms with Gasteiger partial charge in [0.1, 0.15) is 0 Å². The second-order valence-electron chi connectivity index (χ2n) is 5.14. The summed E-state index contributed by atoms with van der Waals surface area (Å²) in [6.45, 7) is 3.87. The van der Waals surface area contributed by atoms with Crippen LogP contribution in [0.15, 0.2) is 5.38 Å². The van der Waals surface area contributed by atoms with E-state index in [0.29, 0.717) is 5.92 Å². The van der Waals surface area contributed by atoms with Gasteiger partial charge in [0.15, 0.2) is 0 Å². The summed E-state index contributed by atoms with van der Waals surface area (Å²) >= 11 is 1.74. The van der Waals surface area contributed by atoms with Gasteiger partial charge < -0.3 is 0 Å². The van der Waals surface area contributed by atoms with E-state index in [4.69, 9.17) is 5.26 Å². The van der Waals surface area contributed by atoms with Crippen molar-refractivity contribution < 1.29 is 0 Å². The van der Waals surface area contributed by atoms with Crippen LogP contribution in [0.2, 0.25) is 0 Å². The molecule has 0 saturated heterocycles. The van der Waals surface area contributed by atoms with Crippen molar-refractivity contribution in [2.24, 2.45) is 0 Å². The lowest BCUT2D eigenvalue weighted by Gasteiger charge is -2.19. The molecule has 1 fully saturated rings. The largest absolute Gasteiger partial charge is 0.244 e. The summed E-state index contributed by atoms with van der Waals surface area (Å²) in [7, 11) is 0. The lowest BCUT2D eigenvalue weighted by molar-refractivity contribution is 0.441. The molecule has 0 aromatic carbocycles. The molecule has 0 bridgehead atoms. The van der Waals surface area contributed by atoms with Crippen molar-refractivity contribution in [2.45, 2.75) is 57.3 Å². The van der Waals surface area contributed by atoms with Crippen molar-refractivity contribution in [1.29, 1.82) is 5.26 Å². The number of nitriles is 1. The molecule has 1 saturated carbocycles. The summed E-state index contributed by atoms with van der Waals surface area (Å²) in [5, 5.41) is 12.4. The molecule has 0 unspecified atom stereocenters. The molecule has 3 heteroatoms. The zero-order valence-electron chi connectivity index (χ0n) is 9.99. The van der Waals surface area contributed by atoms with E-state index in [1.165, 1.54) is 37.1 Å². The SMILES string of the molecule is CC(C)(C#N)c1csc(C2CCCCC2)n1. The monoisotopic (exact) mass is 234 g/mol. The average Bonchev–Trinajstić information content (AvgIpc) is 2.80. The minimum Gasteiger partial charge on any atom is -0.244 e. The fourth-order valence-electron chi connectivity index (χ4n) is 2.17. The first-order valence-electron chi connectivity index (χ1n) is 6.00. The van der Waals surface area contributed by atoms with E-state index >= 15 is 0 Å². The standard InChI is InChI=1S/C13H18N2S/c1-13(2,9-14)11-8-16-12(15-11)10-6-4-3-5-7-10/h8,10H,3-7H2,1-2H3. The first-order chi connectivity index (χ1) is 7.63. The second-order valence-corrected chi connectivity index (χ2v) is 6.03. The molecule has 1 heterocycles. The number of nitrogens with zero attached hydrogens (tertiary/aromatic N) is 2. The summed E-state index contributed by atoms with van der Waals surface area (Å²) in [6, 6.07) is 2.32. The van der Waals surface area contributed by atoms with E-state index in [0.717, 1.165) is 5.69 Å². The molecule has 0 amide bonds. The molecule has 16 heavy (non-hydrogen) atoms. The Morgan fingerprint density at radius 2 is 2.06 bits per heavy atom. The molecule has 1 aromatic heterocycles. The molecule has 0 radical (unpaired) electrons. The summed E-state index contributed by atoms with van der Waals surface area (Å²) in [5.74, 6) is 0.655. The van der Waals surface area contributed by atoms with E-state index < -0.39 is 5.41 Å². The molecule has 2 nitrogen and oxygen atoms in total. The number of aromatic nitrogens is 1. The smallest absolute Gasteiger partial charge is 0.0959 e. The maximum Gasteiger partial charge on any atom is 0.0959 e. The third kappa shape index (κ3) is 2.27. The van der Waals surface area contributed by atoms with Gasteiger partial charge in [-0.25, -0.2) is 4.98 Å². The van der Waals surface area contributed by atoms with Crippen LogP contribution in [0, 0.1) is 11.3 Å². The lowest BCUT2D eigenvalue weighted by Crippen LogP contribution is -2.15. The van der Waals surface area contributed by atoms with Crippen molar-refractivity contribution in [3.63, 3.8) is 0 Å². The molecule has 86 valence electrons. The molecule has 0 spiro atoms. The molecule has 0 aliphatic heterocycles. The van der Waals surface area contributed by atoms with Gasteiger partial charge >= 0.3 is 0 Å². The quantitative estimate of drug-likeness (QED) is 0.775. The number of rotatable bonds is 2. The van der Waals surface area contributed by atoms with Gasteiger partial charge in [0.2, 0.25) is 0 Å². The average molecular weight is 234 g/mol.